The summed E-state index contributed by atoms with van der Waals surface area (Å²) in [6.07, 6.45) is 6.36. The van der Waals surface area contributed by atoms with Crippen LogP contribution in [0.1, 0.15) is 52.9 Å². The van der Waals surface area contributed by atoms with E-state index in [4.69, 9.17) is 5.84 Å². The van der Waals surface area contributed by atoms with E-state index in [1.807, 2.05) is 0 Å². The molecule has 1 atom stereocenters. The van der Waals surface area contributed by atoms with Crippen molar-refractivity contribution in [2.24, 2.45) is 5.84 Å². The predicted octanol–water partition coefficient (Wildman–Crippen LogP) is 1.88. The third-order valence-corrected chi connectivity index (χ3v) is 3.82. The molecular formula is C12H27N3. The third-order valence-electron chi connectivity index (χ3n) is 3.82. The number of nitrogens with one attached hydrogen (secondary N) is 1. The number of hydrogen-bond acceptors (Lipinski definition) is 3. The molecule has 0 aromatic rings. The predicted molar refractivity (Wildman–Crippen MR) is 65.5 cm³/mol. The van der Waals surface area contributed by atoms with E-state index in [2.05, 4.69) is 31.1 Å². The van der Waals surface area contributed by atoms with E-state index in [1.54, 1.807) is 0 Å². The number of unbranched alkanes of at least 4 members (excludes halogenated alkanes) is 1. The number of rotatable bonds is 6. The van der Waals surface area contributed by atoms with E-state index in [-0.39, 0.29) is 5.54 Å². The fraction of sp³-hybridized carbons (Fsp3) is 1.00. The summed E-state index contributed by atoms with van der Waals surface area (Å²) in [5, 5.41) is 0. The van der Waals surface area contributed by atoms with Gasteiger partial charge < -0.3 is 0 Å². The average Bonchev–Trinajstić information content (AvgIpc) is 2.72. The van der Waals surface area contributed by atoms with Gasteiger partial charge in [-0.3, -0.25) is 16.2 Å². The monoisotopic (exact) mass is 213 g/mol. The Labute approximate surface area is 94.4 Å². The molecule has 0 aromatic heterocycles. The fourth-order valence-corrected chi connectivity index (χ4v) is 2.56. The topological polar surface area (TPSA) is 41.3 Å². The maximum atomic E-state index is 5.69. The number of likely N-dealkylation sites (tertiary alicyclic amines) is 1. The van der Waals surface area contributed by atoms with Crippen LogP contribution in [-0.4, -0.2) is 29.6 Å². The molecule has 1 aliphatic heterocycles. The first-order valence-corrected chi connectivity index (χ1v) is 6.34. The van der Waals surface area contributed by atoms with Crippen molar-refractivity contribution in [3.63, 3.8) is 0 Å². The Morgan fingerprint density at radius 3 is 2.40 bits per heavy atom. The van der Waals surface area contributed by atoms with Crippen LogP contribution >= 0.6 is 0 Å². The molecule has 15 heavy (non-hydrogen) atoms. The first kappa shape index (κ1) is 12.9. The first-order chi connectivity index (χ1) is 7.12. The first-order valence-electron chi connectivity index (χ1n) is 6.34. The van der Waals surface area contributed by atoms with Crippen LogP contribution in [0, 0.1) is 0 Å². The number of hydrazine groups is 1. The van der Waals surface area contributed by atoms with Gasteiger partial charge in [0.15, 0.2) is 0 Å². The number of hydrogen-bond donors (Lipinski definition) is 2. The van der Waals surface area contributed by atoms with Gasteiger partial charge in [-0.05, 0) is 46.2 Å². The van der Waals surface area contributed by atoms with E-state index in [1.165, 1.54) is 45.2 Å². The van der Waals surface area contributed by atoms with Crippen LogP contribution in [0.3, 0.4) is 0 Å². The van der Waals surface area contributed by atoms with Gasteiger partial charge in [0.25, 0.3) is 0 Å². The molecule has 0 amide bonds. The minimum atomic E-state index is 0.195. The van der Waals surface area contributed by atoms with Crippen LogP contribution in [0.15, 0.2) is 0 Å². The van der Waals surface area contributed by atoms with Crippen molar-refractivity contribution in [2.45, 2.75) is 64.5 Å². The van der Waals surface area contributed by atoms with Gasteiger partial charge in [-0.1, -0.05) is 19.8 Å². The Hall–Kier alpha value is -0.120. The summed E-state index contributed by atoms with van der Waals surface area (Å²) in [4.78, 5) is 2.58. The van der Waals surface area contributed by atoms with Crippen molar-refractivity contribution in [1.29, 1.82) is 0 Å². The summed E-state index contributed by atoms with van der Waals surface area (Å²) < 4.78 is 0. The summed E-state index contributed by atoms with van der Waals surface area (Å²) in [7, 11) is 0. The lowest BCUT2D eigenvalue weighted by atomic mass is 9.89. The van der Waals surface area contributed by atoms with E-state index in [9.17, 15) is 0 Å². The molecule has 1 saturated heterocycles. The highest BCUT2D eigenvalue weighted by Crippen LogP contribution is 2.26. The molecule has 0 aliphatic carbocycles. The van der Waals surface area contributed by atoms with E-state index >= 15 is 0 Å². The lowest BCUT2D eigenvalue weighted by molar-refractivity contribution is 0.101. The molecule has 0 bridgehead atoms. The molecule has 0 saturated carbocycles. The van der Waals surface area contributed by atoms with Crippen LogP contribution in [0.2, 0.25) is 0 Å². The Morgan fingerprint density at radius 2 is 1.93 bits per heavy atom. The van der Waals surface area contributed by atoms with Crippen molar-refractivity contribution >= 4 is 0 Å². The highest BCUT2D eigenvalue weighted by atomic mass is 15.3. The lowest BCUT2D eigenvalue weighted by Gasteiger charge is -2.42. The molecule has 1 rings (SSSR count). The normalized spacial score (nSPS) is 20.8. The van der Waals surface area contributed by atoms with Gasteiger partial charge in [-0.15, -0.1) is 0 Å². The van der Waals surface area contributed by atoms with Gasteiger partial charge in [0.05, 0.1) is 0 Å². The second-order valence-electron chi connectivity index (χ2n) is 5.21. The van der Waals surface area contributed by atoms with Gasteiger partial charge in [0, 0.05) is 11.6 Å². The largest absolute Gasteiger partial charge is 0.297 e. The summed E-state index contributed by atoms with van der Waals surface area (Å²) in [6, 6.07) is 0.413. The molecule has 3 N–H and O–H groups in total. The summed E-state index contributed by atoms with van der Waals surface area (Å²) in [5.74, 6) is 5.69. The lowest BCUT2D eigenvalue weighted by Crippen LogP contribution is -2.58. The Bertz CT molecular complexity index is 174. The van der Waals surface area contributed by atoms with Gasteiger partial charge >= 0.3 is 0 Å². The van der Waals surface area contributed by atoms with Crippen LogP contribution in [0.5, 0.6) is 0 Å². The quantitative estimate of drug-likeness (QED) is 0.523. The van der Waals surface area contributed by atoms with Crippen molar-refractivity contribution < 1.29 is 0 Å². The van der Waals surface area contributed by atoms with Gasteiger partial charge in [0.2, 0.25) is 0 Å². The molecule has 1 aliphatic rings. The average molecular weight is 213 g/mol. The van der Waals surface area contributed by atoms with Gasteiger partial charge in [-0.25, -0.2) is 0 Å². The molecule has 0 radical (unpaired) electrons. The third kappa shape index (κ3) is 3.16. The van der Waals surface area contributed by atoms with Crippen LogP contribution in [-0.2, 0) is 0 Å². The minimum Gasteiger partial charge on any atom is -0.297 e. The molecule has 0 spiro atoms. The number of nitrogens with zero attached hydrogens (tertiary/aromatic N) is 1. The van der Waals surface area contributed by atoms with Crippen LogP contribution < -0.4 is 11.3 Å². The van der Waals surface area contributed by atoms with Crippen molar-refractivity contribution in [2.75, 3.05) is 13.1 Å². The van der Waals surface area contributed by atoms with Gasteiger partial charge in [-0.2, -0.15) is 0 Å². The summed E-state index contributed by atoms with van der Waals surface area (Å²) >= 11 is 0. The smallest absolute Gasteiger partial charge is 0.0389 e. The molecule has 0 aromatic carbocycles. The van der Waals surface area contributed by atoms with Crippen LogP contribution in [0.4, 0.5) is 0 Å². The SMILES string of the molecule is CCCCC(NN)C(C)(C)N1CCCC1. The maximum absolute atomic E-state index is 5.69. The molecule has 1 fully saturated rings. The highest BCUT2D eigenvalue weighted by molar-refractivity contribution is 4.94. The minimum absolute atomic E-state index is 0.195. The molecule has 3 heteroatoms. The zero-order valence-corrected chi connectivity index (χ0v) is 10.6. The molecular weight excluding hydrogens is 186 g/mol. The highest BCUT2D eigenvalue weighted by Gasteiger charge is 2.35. The second-order valence-corrected chi connectivity index (χ2v) is 5.21. The van der Waals surface area contributed by atoms with Gasteiger partial charge in [0.1, 0.15) is 0 Å². The van der Waals surface area contributed by atoms with Crippen molar-refractivity contribution in [3.8, 4) is 0 Å². The zero-order chi connectivity index (χ0) is 11.3. The van der Waals surface area contributed by atoms with Crippen LogP contribution in [0.25, 0.3) is 0 Å². The summed E-state index contributed by atoms with van der Waals surface area (Å²) in [6.45, 7) is 9.34. The van der Waals surface area contributed by atoms with Crippen molar-refractivity contribution in [1.82, 2.24) is 10.3 Å². The molecule has 3 nitrogen and oxygen atoms in total. The fourth-order valence-electron chi connectivity index (χ4n) is 2.56. The Morgan fingerprint density at radius 1 is 1.33 bits per heavy atom. The maximum Gasteiger partial charge on any atom is 0.0389 e. The second kappa shape index (κ2) is 5.83. The zero-order valence-electron chi connectivity index (χ0n) is 10.6. The standard InChI is InChI=1S/C12H27N3/c1-4-5-8-11(14-13)12(2,3)15-9-6-7-10-15/h11,14H,4-10,13H2,1-3H3. The molecule has 90 valence electrons. The van der Waals surface area contributed by atoms with E-state index in [0.717, 1.165) is 0 Å². The number of nitrogens with two attached hydrogens (primary N) is 1. The van der Waals surface area contributed by atoms with E-state index in [0.29, 0.717) is 6.04 Å². The Balaban J connectivity index is 2.54. The van der Waals surface area contributed by atoms with Crippen molar-refractivity contribution in [3.05, 3.63) is 0 Å². The molecule has 1 unspecified atom stereocenters. The molecule has 1 heterocycles. The Kier molecular flexibility index (Phi) is 5.03. The summed E-state index contributed by atoms with van der Waals surface area (Å²) in [5.41, 5.74) is 3.21. The van der Waals surface area contributed by atoms with E-state index < -0.39 is 0 Å².